The van der Waals surface area contributed by atoms with Crippen LogP contribution in [-0.4, -0.2) is 22.9 Å². The van der Waals surface area contributed by atoms with Crippen molar-refractivity contribution in [1.82, 2.24) is 15.1 Å². The van der Waals surface area contributed by atoms with Crippen molar-refractivity contribution in [2.24, 2.45) is 11.3 Å². The molecule has 0 aromatic carbocycles. The van der Waals surface area contributed by atoms with Gasteiger partial charge < -0.3 is 5.32 Å². The van der Waals surface area contributed by atoms with Gasteiger partial charge in [-0.25, -0.2) is 0 Å². The SMILES string of the molecule is CCn1nc(C)cc1CC(CC)(CC)CNCC(C)C. The van der Waals surface area contributed by atoms with Gasteiger partial charge in [-0.2, -0.15) is 5.10 Å². The molecule has 0 fully saturated rings. The van der Waals surface area contributed by atoms with Crippen molar-refractivity contribution >= 4 is 0 Å². The molecule has 0 saturated heterocycles. The number of hydrogen-bond donors (Lipinski definition) is 1. The van der Waals surface area contributed by atoms with E-state index in [1.54, 1.807) is 0 Å². The first kappa shape index (κ1) is 17.2. The van der Waals surface area contributed by atoms with Crippen molar-refractivity contribution in [2.45, 2.75) is 67.3 Å². The summed E-state index contributed by atoms with van der Waals surface area (Å²) in [7, 11) is 0. The lowest BCUT2D eigenvalue weighted by atomic mass is 9.78. The van der Waals surface area contributed by atoms with Gasteiger partial charge in [-0.15, -0.1) is 0 Å². The van der Waals surface area contributed by atoms with Gasteiger partial charge >= 0.3 is 0 Å². The minimum Gasteiger partial charge on any atom is -0.316 e. The zero-order valence-electron chi connectivity index (χ0n) is 14.3. The Balaban J connectivity index is 2.78. The van der Waals surface area contributed by atoms with Gasteiger partial charge in [0.15, 0.2) is 0 Å². The fourth-order valence-corrected chi connectivity index (χ4v) is 2.84. The lowest BCUT2D eigenvalue weighted by molar-refractivity contribution is 0.237. The molecule has 0 radical (unpaired) electrons. The highest BCUT2D eigenvalue weighted by molar-refractivity contribution is 5.11. The summed E-state index contributed by atoms with van der Waals surface area (Å²) in [6, 6.07) is 2.26. The summed E-state index contributed by atoms with van der Waals surface area (Å²) in [5.74, 6) is 0.713. The molecule has 0 saturated carbocycles. The highest BCUT2D eigenvalue weighted by Crippen LogP contribution is 2.30. The van der Waals surface area contributed by atoms with Crippen LogP contribution in [0.25, 0.3) is 0 Å². The number of aryl methyl sites for hydroxylation is 2. The summed E-state index contributed by atoms with van der Waals surface area (Å²) in [4.78, 5) is 0. The maximum Gasteiger partial charge on any atom is 0.0596 e. The van der Waals surface area contributed by atoms with Crippen molar-refractivity contribution in [1.29, 1.82) is 0 Å². The van der Waals surface area contributed by atoms with E-state index in [9.17, 15) is 0 Å². The second-order valence-electron chi connectivity index (χ2n) is 6.50. The van der Waals surface area contributed by atoms with E-state index >= 15 is 0 Å². The van der Waals surface area contributed by atoms with Crippen LogP contribution in [0.5, 0.6) is 0 Å². The molecule has 0 atom stereocenters. The fourth-order valence-electron chi connectivity index (χ4n) is 2.84. The zero-order valence-corrected chi connectivity index (χ0v) is 14.3. The number of nitrogens with zero attached hydrogens (tertiary/aromatic N) is 2. The maximum absolute atomic E-state index is 4.59. The lowest BCUT2D eigenvalue weighted by Crippen LogP contribution is -2.37. The minimum atomic E-state index is 0.355. The first-order valence-electron chi connectivity index (χ1n) is 8.20. The van der Waals surface area contributed by atoms with Gasteiger partial charge in [0.05, 0.1) is 5.69 Å². The van der Waals surface area contributed by atoms with Gasteiger partial charge in [-0.3, -0.25) is 4.68 Å². The van der Waals surface area contributed by atoms with Crippen molar-refractivity contribution in [3.63, 3.8) is 0 Å². The molecule has 0 amide bonds. The highest BCUT2D eigenvalue weighted by Gasteiger charge is 2.27. The Morgan fingerprint density at radius 1 is 1.25 bits per heavy atom. The van der Waals surface area contributed by atoms with Gasteiger partial charge in [0.2, 0.25) is 0 Å². The van der Waals surface area contributed by atoms with Gasteiger partial charge in [0.1, 0.15) is 0 Å². The minimum absolute atomic E-state index is 0.355. The first-order chi connectivity index (χ1) is 9.46. The Kier molecular flexibility index (Phi) is 6.74. The molecule has 0 aliphatic heterocycles. The van der Waals surface area contributed by atoms with Crippen LogP contribution in [0.4, 0.5) is 0 Å². The smallest absolute Gasteiger partial charge is 0.0596 e. The van der Waals surface area contributed by atoms with Crippen LogP contribution in [-0.2, 0) is 13.0 Å². The van der Waals surface area contributed by atoms with Crippen LogP contribution in [0.1, 0.15) is 58.8 Å². The Morgan fingerprint density at radius 3 is 2.40 bits per heavy atom. The maximum atomic E-state index is 4.59. The van der Waals surface area contributed by atoms with Gasteiger partial charge in [0, 0.05) is 18.8 Å². The lowest BCUT2D eigenvalue weighted by Gasteiger charge is -2.32. The third-order valence-corrected chi connectivity index (χ3v) is 4.39. The molecular formula is C17H33N3. The molecule has 0 aliphatic rings. The summed E-state index contributed by atoms with van der Waals surface area (Å²) in [5, 5.41) is 8.25. The van der Waals surface area contributed by atoms with Gasteiger partial charge in [0.25, 0.3) is 0 Å². The molecule has 1 rings (SSSR count). The second kappa shape index (κ2) is 7.82. The van der Waals surface area contributed by atoms with E-state index in [1.165, 1.54) is 18.5 Å². The Hall–Kier alpha value is -0.830. The standard InChI is InChI=1S/C17H33N3/c1-7-17(8-2,13-18-12-14(4)5)11-16-10-15(6)19-20(16)9-3/h10,14,18H,7-9,11-13H2,1-6H3. The van der Waals surface area contributed by atoms with Gasteiger partial charge in [-0.1, -0.05) is 27.7 Å². The Labute approximate surface area is 125 Å². The predicted molar refractivity (Wildman–Crippen MR) is 87.1 cm³/mol. The van der Waals surface area contributed by atoms with Crippen LogP contribution in [0.3, 0.4) is 0 Å². The number of rotatable bonds is 9. The highest BCUT2D eigenvalue weighted by atomic mass is 15.3. The number of hydrogen-bond acceptors (Lipinski definition) is 2. The number of nitrogens with one attached hydrogen (secondary N) is 1. The van der Waals surface area contributed by atoms with E-state index in [-0.39, 0.29) is 0 Å². The molecule has 0 aliphatic carbocycles. The van der Waals surface area contributed by atoms with E-state index in [1.807, 2.05) is 0 Å². The molecule has 1 N–H and O–H groups in total. The van der Waals surface area contributed by atoms with E-state index in [4.69, 9.17) is 0 Å². The van der Waals surface area contributed by atoms with Crippen LogP contribution in [0.2, 0.25) is 0 Å². The van der Waals surface area contributed by atoms with Crippen molar-refractivity contribution in [3.05, 3.63) is 17.5 Å². The van der Waals surface area contributed by atoms with E-state index in [0.29, 0.717) is 11.3 Å². The second-order valence-corrected chi connectivity index (χ2v) is 6.50. The fraction of sp³-hybridized carbons (Fsp3) is 0.824. The van der Waals surface area contributed by atoms with E-state index in [0.717, 1.165) is 31.7 Å². The van der Waals surface area contributed by atoms with E-state index < -0.39 is 0 Å². The van der Waals surface area contributed by atoms with Crippen LogP contribution < -0.4 is 5.32 Å². The molecule has 0 bridgehead atoms. The molecular weight excluding hydrogens is 246 g/mol. The quantitative estimate of drug-likeness (QED) is 0.745. The molecule has 1 aromatic heterocycles. The van der Waals surface area contributed by atoms with Crippen LogP contribution >= 0.6 is 0 Å². The first-order valence-corrected chi connectivity index (χ1v) is 8.20. The monoisotopic (exact) mass is 279 g/mol. The van der Waals surface area contributed by atoms with Crippen molar-refractivity contribution in [3.8, 4) is 0 Å². The molecule has 3 nitrogen and oxygen atoms in total. The molecule has 0 spiro atoms. The van der Waals surface area contributed by atoms with E-state index in [2.05, 4.69) is 62.7 Å². The predicted octanol–water partition coefficient (Wildman–Crippen LogP) is 3.81. The number of aromatic nitrogens is 2. The van der Waals surface area contributed by atoms with Crippen molar-refractivity contribution < 1.29 is 0 Å². The average Bonchev–Trinajstić information content (AvgIpc) is 2.77. The zero-order chi connectivity index (χ0) is 15.2. The Bertz CT molecular complexity index is 389. The normalized spacial score (nSPS) is 12.3. The average molecular weight is 279 g/mol. The summed E-state index contributed by atoms with van der Waals surface area (Å²) in [6.07, 6.45) is 3.55. The summed E-state index contributed by atoms with van der Waals surface area (Å²) >= 11 is 0. The largest absolute Gasteiger partial charge is 0.316 e. The molecule has 20 heavy (non-hydrogen) atoms. The molecule has 0 unspecified atom stereocenters. The molecule has 1 heterocycles. The van der Waals surface area contributed by atoms with Crippen LogP contribution in [0.15, 0.2) is 6.07 Å². The molecule has 3 heteroatoms. The topological polar surface area (TPSA) is 29.9 Å². The third kappa shape index (κ3) is 4.62. The molecule has 1 aromatic rings. The van der Waals surface area contributed by atoms with Gasteiger partial charge in [-0.05, 0) is 57.1 Å². The van der Waals surface area contributed by atoms with Crippen LogP contribution in [0, 0.1) is 18.3 Å². The summed E-state index contributed by atoms with van der Waals surface area (Å²) < 4.78 is 2.16. The third-order valence-electron chi connectivity index (χ3n) is 4.39. The Morgan fingerprint density at radius 2 is 1.90 bits per heavy atom. The summed E-state index contributed by atoms with van der Waals surface area (Å²) in [5.41, 5.74) is 2.88. The summed E-state index contributed by atoms with van der Waals surface area (Å²) in [6.45, 7) is 16.6. The molecule has 116 valence electrons. The van der Waals surface area contributed by atoms with Crippen molar-refractivity contribution in [2.75, 3.05) is 13.1 Å².